The van der Waals surface area contributed by atoms with Gasteiger partial charge in [0.2, 0.25) is 5.91 Å². The second-order valence-electron chi connectivity index (χ2n) is 4.78. The second kappa shape index (κ2) is 6.06. The van der Waals surface area contributed by atoms with Gasteiger partial charge in [-0.05, 0) is 31.0 Å². The van der Waals surface area contributed by atoms with E-state index in [1.165, 1.54) is 11.8 Å². The summed E-state index contributed by atoms with van der Waals surface area (Å²) in [7, 11) is 0. The van der Waals surface area contributed by atoms with Crippen molar-refractivity contribution in [2.75, 3.05) is 18.8 Å². The minimum Gasteiger partial charge on any atom is -0.431 e. The van der Waals surface area contributed by atoms with Crippen LogP contribution in [0.2, 0.25) is 5.02 Å². The minimum absolute atomic E-state index is 0.231. The Morgan fingerprint density at radius 1 is 1.40 bits per heavy atom. The zero-order valence-corrected chi connectivity index (χ0v) is 12.5. The van der Waals surface area contributed by atoms with Crippen LogP contribution in [0, 0.1) is 0 Å². The smallest absolute Gasteiger partial charge is 0.256 e. The Balaban J connectivity index is 1.55. The molecular formula is C14H15ClN2O2S. The van der Waals surface area contributed by atoms with E-state index in [0.717, 1.165) is 37.0 Å². The summed E-state index contributed by atoms with van der Waals surface area (Å²) in [6, 6.07) is 5.37. The molecule has 1 amide bonds. The number of amides is 1. The van der Waals surface area contributed by atoms with Crippen LogP contribution in [0.15, 0.2) is 27.8 Å². The van der Waals surface area contributed by atoms with Crippen molar-refractivity contribution >= 4 is 40.4 Å². The monoisotopic (exact) mass is 310 g/mol. The summed E-state index contributed by atoms with van der Waals surface area (Å²) < 4.78 is 5.60. The molecule has 1 aliphatic heterocycles. The predicted molar refractivity (Wildman–Crippen MR) is 80.2 cm³/mol. The highest BCUT2D eigenvalue weighted by molar-refractivity contribution is 7.99. The quantitative estimate of drug-likeness (QED) is 0.810. The highest BCUT2D eigenvalue weighted by Crippen LogP contribution is 2.26. The van der Waals surface area contributed by atoms with Crippen LogP contribution in [-0.4, -0.2) is 34.6 Å². The van der Waals surface area contributed by atoms with Crippen molar-refractivity contribution in [1.82, 2.24) is 9.88 Å². The lowest BCUT2D eigenvalue weighted by atomic mass is 10.3. The Morgan fingerprint density at radius 3 is 3.00 bits per heavy atom. The maximum atomic E-state index is 11.9. The fraction of sp³-hybridized carbons (Fsp3) is 0.429. The first-order valence-corrected chi connectivity index (χ1v) is 8.05. The van der Waals surface area contributed by atoms with E-state index in [0.29, 0.717) is 22.4 Å². The zero-order chi connectivity index (χ0) is 13.9. The van der Waals surface area contributed by atoms with Crippen molar-refractivity contribution in [2.24, 2.45) is 0 Å². The fourth-order valence-electron chi connectivity index (χ4n) is 2.29. The maximum absolute atomic E-state index is 11.9. The molecule has 1 aliphatic rings. The van der Waals surface area contributed by atoms with E-state index in [9.17, 15) is 4.79 Å². The normalized spacial score (nSPS) is 15.2. The van der Waals surface area contributed by atoms with Gasteiger partial charge in [0, 0.05) is 30.3 Å². The van der Waals surface area contributed by atoms with E-state index in [-0.39, 0.29) is 5.91 Å². The van der Waals surface area contributed by atoms with Gasteiger partial charge in [0.25, 0.3) is 5.22 Å². The maximum Gasteiger partial charge on any atom is 0.256 e. The van der Waals surface area contributed by atoms with Gasteiger partial charge >= 0.3 is 0 Å². The molecule has 0 unspecified atom stereocenters. The molecule has 1 aromatic heterocycles. The standard InChI is InChI=1S/C14H15ClN2O2S/c15-10-3-4-12-11(9-10)16-14(19-12)20-8-5-13(18)17-6-1-2-7-17/h3-4,9H,1-2,5-8H2. The molecule has 3 rings (SSSR count). The molecule has 0 bridgehead atoms. The van der Waals surface area contributed by atoms with Crippen LogP contribution in [0.3, 0.4) is 0 Å². The molecule has 1 aromatic carbocycles. The van der Waals surface area contributed by atoms with Crippen LogP contribution in [0.25, 0.3) is 11.1 Å². The summed E-state index contributed by atoms with van der Waals surface area (Å²) in [5.74, 6) is 0.921. The molecule has 2 aromatic rings. The molecule has 1 fully saturated rings. The molecule has 0 atom stereocenters. The Morgan fingerprint density at radius 2 is 2.20 bits per heavy atom. The molecule has 1 saturated heterocycles. The molecule has 0 aliphatic carbocycles. The topological polar surface area (TPSA) is 46.3 Å². The van der Waals surface area contributed by atoms with Crippen molar-refractivity contribution in [2.45, 2.75) is 24.5 Å². The third kappa shape index (κ3) is 3.10. The number of fused-ring (bicyclic) bond motifs is 1. The zero-order valence-electron chi connectivity index (χ0n) is 11.0. The number of halogens is 1. The van der Waals surface area contributed by atoms with Crippen LogP contribution < -0.4 is 0 Å². The van der Waals surface area contributed by atoms with Crippen molar-refractivity contribution in [3.8, 4) is 0 Å². The van der Waals surface area contributed by atoms with Gasteiger partial charge in [-0.15, -0.1) is 0 Å². The third-order valence-electron chi connectivity index (χ3n) is 3.33. The van der Waals surface area contributed by atoms with E-state index in [1.807, 2.05) is 11.0 Å². The van der Waals surface area contributed by atoms with Crippen molar-refractivity contribution in [1.29, 1.82) is 0 Å². The number of thioether (sulfide) groups is 1. The number of oxazole rings is 1. The van der Waals surface area contributed by atoms with Gasteiger partial charge in [-0.2, -0.15) is 0 Å². The van der Waals surface area contributed by atoms with Crippen molar-refractivity contribution in [3.05, 3.63) is 23.2 Å². The lowest BCUT2D eigenvalue weighted by Gasteiger charge is -2.14. The third-order valence-corrected chi connectivity index (χ3v) is 4.40. The summed E-state index contributed by atoms with van der Waals surface area (Å²) in [5.41, 5.74) is 1.48. The first-order valence-electron chi connectivity index (χ1n) is 6.69. The number of carbonyl (C=O) groups is 1. The average molecular weight is 311 g/mol. The summed E-state index contributed by atoms with van der Waals surface area (Å²) in [5, 5.41) is 1.24. The molecule has 0 N–H and O–H groups in total. The van der Waals surface area contributed by atoms with E-state index in [4.69, 9.17) is 16.0 Å². The van der Waals surface area contributed by atoms with E-state index in [2.05, 4.69) is 4.98 Å². The van der Waals surface area contributed by atoms with Crippen LogP contribution in [-0.2, 0) is 4.79 Å². The first-order chi connectivity index (χ1) is 9.72. The Kier molecular flexibility index (Phi) is 4.17. The van der Waals surface area contributed by atoms with Gasteiger partial charge in [-0.1, -0.05) is 23.4 Å². The Hall–Kier alpha value is -1.20. The molecule has 106 valence electrons. The number of rotatable bonds is 4. The summed E-state index contributed by atoms with van der Waals surface area (Å²) in [6.07, 6.45) is 2.79. The molecular weight excluding hydrogens is 296 g/mol. The number of likely N-dealkylation sites (tertiary alicyclic amines) is 1. The van der Waals surface area contributed by atoms with Gasteiger partial charge in [0.05, 0.1) is 0 Å². The number of benzene rings is 1. The Labute approximate surface area is 126 Å². The SMILES string of the molecule is O=C(CCSc1nc2cc(Cl)ccc2o1)N1CCCC1. The van der Waals surface area contributed by atoms with E-state index >= 15 is 0 Å². The Bertz CT molecular complexity index is 623. The van der Waals surface area contributed by atoms with Gasteiger partial charge < -0.3 is 9.32 Å². The summed E-state index contributed by atoms with van der Waals surface area (Å²) in [6.45, 7) is 1.82. The van der Waals surface area contributed by atoms with Crippen LogP contribution in [0.1, 0.15) is 19.3 Å². The molecule has 4 nitrogen and oxygen atoms in total. The summed E-state index contributed by atoms with van der Waals surface area (Å²) in [4.78, 5) is 18.2. The second-order valence-corrected chi connectivity index (χ2v) is 6.26. The molecule has 0 radical (unpaired) electrons. The number of carbonyl (C=O) groups excluding carboxylic acids is 1. The largest absolute Gasteiger partial charge is 0.431 e. The van der Waals surface area contributed by atoms with Crippen LogP contribution in [0.4, 0.5) is 0 Å². The van der Waals surface area contributed by atoms with Gasteiger partial charge in [-0.3, -0.25) is 4.79 Å². The van der Waals surface area contributed by atoms with Crippen molar-refractivity contribution in [3.63, 3.8) is 0 Å². The summed E-state index contributed by atoms with van der Waals surface area (Å²) >= 11 is 7.38. The van der Waals surface area contributed by atoms with Gasteiger partial charge in [0.1, 0.15) is 5.52 Å². The molecule has 6 heteroatoms. The minimum atomic E-state index is 0.231. The molecule has 0 saturated carbocycles. The van der Waals surface area contributed by atoms with E-state index < -0.39 is 0 Å². The van der Waals surface area contributed by atoms with E-state index in [1.54, 1.807) is 12.1 Å². The molecule has 0 spiro atoms. The number of hydrogen-bond donors (Lipinski definition) is 0. The first kappa shape index (κ1) is 13.8. The van der Waals surface area contributed by atoms with Crippen LogP contribution in [0.5, 0.6) is 0 Å². The molecule has 2 heterocycles. The number of nitrogens with zero attached hydrogens (tertiary/aromatic N) is 2. The average Bonchev–Trinajstić information content (AvgIpc) is 3.06. The lowest BCUT2D eigenvalue weighted by Crippen LogP contribution is -2.27. The predicted octanol–water partition coefficient (Wildman–Crippen LogP) is 3.59. The highest BCUT2D eigenvalue weighted by atomic mass is 35.5. The van der Waals surface area contributed by atoms with Gasteiger partial charge in [-0.25, -0.2) is 4.98 Å². The van der Waals surface area contributed by atoms with Gasteiger partial charge in [0.15, 0.2) is 5.58 Å². The number of aromatic nitrogens is 1. The van der Waals surface area contributed by atoms with Crippen molar-refractivity contribution < 1.29 is 9.21 Å². The van der Waals surface area contributed by atoms with Crippen LogP contribution >= 0.6 is 23.4 Å². The lowest BCUT2D eigenvalue weighted by molar-refractivity contribution is -0.129. The number of hydrogen-bond acceptors (Lipinski definition) is 4. The highest BCUT2D eigenvalue weighted by Gasteiger charge is 2.17. The fourth-order valence-corrected chi connectivity index (χ4v) is 3.22. The molecule has 20 heavy (non-hydrogen) atoms.